The number of rotatable bonds is 8. The van der Waals surface area contributed by atoms with Crippen molar-refractivity contribution in [3.8, 4) is 0 Å². The standard InChI is InChI=1S/C11H16F4N2O2/c1-2-5-17-8(3-4-16-17)9(18)6-19-7-11(14,15)10(12)13/h3-4,9-10,18H,2,5-7H2,1H3. The van der Waals surface area contributed by atoms with Crippen LogP contribution in [-0.4, -0.2) is 40.4 Å². The Morgan fingerprint density at radius 2 is 2.16 bits per heavy atom. The van der Waals surface area contributed by atoms with Crippen LogP contribution >= 0.6 is 0 Å². The lowest BCUT2D eigenvalue weighted by Gasteiger charge is -2.17. The molecule has 4 nitrogen and oxygen atoms in total. The van der Waals surface area contributed by atoms with Gasteiger partial charge in [-0.05, 0) is 12.5 Å². The molecule has 1 unspecified atom stereocenters. The van der Waals surface area contributed by atoms with E-state index >= 15 is 0 Å². The molecule has 1 atom stereocenters. The minimum Gasteiger partial charge on any atom is -0.384 e. The highest BCUT2D eigenvalue weighted by Gasteiger charge is 2.41. The number of nitrogens with zero attached hydrogens (tertiary/aromatic N) is 2. The molecule has 0 radical (unpaired) electrons. The number of ether oxygens (including phenoxy) is 1. The van der Waals surface area contributed by atoms with E-state index < -0.39 is 31.7 Å². The van der Waals surface area contributed by atoms with Crippen LogP contribution in [0.3, 0.4) is 0 Å². The minimum absolute atomic E-state index is 0.405. The van der Waals surface area contributed by atoms with Crippen molar-refractivity contribution in [1.29, 1.82) is 0 Å². The summed E-state index contributed by atoms with van der Waals surface area (Å²) in [6.45, 7) is 0.561. The summed E-state index contributed by atoms with van der Waals surface area (Å²) in [4.78, 5) is 0. The van der Waals surface area contributed by atoms with Gasteiger partial charge in [-0.25, -0.2) is 8.78 Å². The van der Waals surface area contributed by atoms with Crippen molar-refractivity contribution >= 4 is 0 Å². The predicted molar refractivity (Wildman–Crippen MR) is 59.2 cm³/mol. The van der Waals surface area contributed by atoms with Crippen LogP contribution in [0.5, 0.6) is 0 Å². The van der Waals surface area contributed by atoms with Crippen molar-refractivity contribution in [3.63, 3.8) is 0 Å². The monoisotopic (exact) mass is 284 g/mol. The van der Waals surface area contributed by atoms with Crippen molar-refractivity contribution in [3.05, 3.63) is 18.0 Å². The molecule has 0 aromatic carbocycles. The molecule has 0 aliphatic heterocycles. The van der Waals surface area contributed by atoms with Gasteiger partial charge in [0, 0.05) is 12.7 Å². The van der Waals surface area contributed by atoms with Gasteiger partial charge in [0.2, 0.25) is 0 Å². The lowest BCUT2D eigenvalue weighted by atomic mass is 10.2. The third-order valence-electron chi connectivity index (χ3n) is 2.42. The average molecular weight is 284 g/mol. The quantitative estimate of drug-likeness (QED) is 0.745. The van der Waals surface area contributed by atoms with Gasteiger partial charge in [0.05, 0.1) is 12.3 Å². The normalized spacial score (nSPS) is 14.1. The van der Waals surface area contributed by atoms with Crippen molar-refractivity contribution in [2.45, 2.75) is 38.3 Å². The number of aromatic nitrogens is 2. The van der Waals surface area contributed by atoms with Gasteiger partial charge in [-0.3, -0.25) is 4.68 Å². The highest BCUT2D eigenvalue weighted by atomic mass is 19.3. The van der Waals surface area contributed by atoms with Crippen LogP contribution in [0.4, 0.5) is 17.6 Å². The van der Waals surface area contributed by atoms with Crippen LogP contribution in [0.1, 0.15) is 25.1 Å². The van der Waals surface area contributed by atoms with Crippen molar-refractivity contribution in [2.24, 2.45) is 0 Å². The number of aliphatic hydroxyl groups excluding tert-OH is 1. The third kappa shape index (κ3) is 4.46. The van der Waals surface area contributed by atoms with Gasteiger partial charge in [-0.2, -0.15) is 13.9 Å². The zero-order valence-electron chi connectivity index (χ0n) is 10.4. The maximum atomic E-state index is 12.6. The van der Waals surface area contributed by atoms with E-state index in [0.29, 0.717) is 12.2 Å². The largest absolute Gasteiger partial charge is 0.384 e. The fourth-order valence-corrected chi connectivity index (χ4v) is 1.48. The number of aliphatic hydroxyl groups is 1. The van der Waals surface area contributed by atoms with Crippen molar-refractivity contribution < 1.29 is 27.4 Å². The molecular weight excluding hydrogens is 268 g/mol. The number of hydrogen-bond donors (Lipinski definition) is 1. The van der Waals surface area contributed by atoms with Crippen molar-refractivity contribution in [2.75, 3.05) is 13.2 Å². The maximum Gasteiger partial charge on any atom is 0.330 e. The molecule has 8 heteroatoms. The average Bonchev–Trinajstić information content (AvgIpc) is 2.77. The fourth-order valence-electron chi connectivity index (χ4n) is 1.48. The van der Waals surface area contributed by atoms with E-state index in [4.69, 9.17) is 0 Å². The number of aryl methyl sites for hydroxylation is 1. The predicted octanol–water partition coefficient (Wildman–Crippen LogP) is 2.24. The highest BCUT2D eigenvalue weighted by Crippen LogP contribution is 2.23. The second-order valence-electron chi connectivity index (χ2n) is 4.07. The Bertz CT molecular complexity index is 385. The van der Waals surface area contributed by atoms with E-state index in [9.17, 15) is 22.7 Å². The molecule has 1 N–H and O–H groups in total. The zero-order chi connectivity index (χ0) is 14.5. The highest BCUT2D eigenvalue weighted by molar-refractivity contribution is 5.04. The van der Waals surface area contributed by atoms with Crippen LogP contribution in [0.25, 0.3) is 0 Å². The molecule has 0 spiro atoms. The second kappa shape index (κ2) is 6.85. The summed E-state index contributed by atoms with van der Waals surface area (Å²) >= 11 is 0. The molecule has 110 valence electrons. The molecule has 0 saturated heterocycles. The summed E-state index contributed by atoms with van der Waals surface area (Å²) < 4.78 is 54.8. The Morgan fingerprint density at radius 1 is 1.47 bits per heavy atom. The SMILES string of the molecule is CCCn1nccc1C(O)COCC(F)(F)C(F)F. The summed E-state index contributed by atoms with van der Waals surface area (Å²) in [6.07, 6.45) is -2.72. The number of hydrogen-bond acceptors (Lipinski definition) is 3. The first-order valence-electron chi connectivity index (χ1n) is 5.82. The molecular formula is C11H16F4N2O2. The molecule has 0 bridgehead atoms. The van der Waals surface area contributed by atoms with E-state index in [1.165, 1.54) is 16.9 Å². The van der Waals surface area contributed by atoms with Gasteiger partial charge in [0.25, 0.3) is 0 Å². The van der Waals surface area contributed by atoms with Crippen molar-refractivity contribution in [1.82, 2.24) is 9.78 Å². The Balaban J connectivity index is 2.47. The van der Waals surface area contributed by atoms with Crippen LogP contribution in [-0.2, 0) is 11.3 Å². The third-order valence-corrected chi connectivity index (χ3v) is 2.42. The molecule has 19 heavy (non-hydrogen) atoms. The van der Waals surface area contributed by atoms with Crippen LogP contribution < -0.4 is 0 Å². The molecule has 1 rings (SSSR count). The molecule has 0 aliphatic carbocycles. The molecule has 0 aliphatic rings. The van der Waals surface area contributed by atoms with Gasteiger partial charge >= 0.3 is 12.3 Å². The molecule has 1 aromatic heterocycles. The van der Waals surface area contributed by atoms with E-state index in [2.05, 4.69) is 9.84 Å². The van der Waals surface area contributed by atoms with E-state index in [0.717, 1.165) is 6.42 Å². The maximum absolute atomic E-state index is 12.6. The lowest BCUT2D eigenvalue weighted by Crippen LogP contribution is -2.33. The molecule has 0 fully saturated rings. The first-order valence-corrected chi connectivity index (χ1v) is 5.82. The lowest BCUT2D eigenvalue weighted by molar-refractivity contribution is -0.171. The van der Waals surface area contributed by atoms with Gasteiger partial charge in [0.15, 0.2) is 0 Å². The van der Waals surface area contributed by atoms with Gasteiger partial charge < -0.3 is 9.84 Å². The van der Waals surface area contributed by atoms with E-state index in [1.807, 2.05) is 6.92 Å². The Morgan fingerprint density at radius 3 is 2.74 bits per heavy atom. The molecule has 0 saturated carbocycles. The van der Waals surface area contributed by atoms with Crippen LogP contribution in [0.15, 0.2) is 12.3 Å². The molecule has 0 amide bonds. The topological polar surface area (TPSA) is 47.3 Å². The smallest absolute Gasteiger partial charge is 0.330 e. The summed E-state index contributed by atoms with van der Waals surface area (Å²) in [5, 5.41) is 13.7. The first kappa shape index (κ1) is 15.9. The van der Waals surface area contributed by atoms with E-state index in [1.54, 1.807) is 0 Å². The number of halogens is 4. The summed E-state index contributed by atoms with van der Waals surface area (Å²) in [5.74, 6) is -4.20. The first-order chi connectivity index (χ1) is 8.88. The number of alkyl halides is 4. The fraction of sp³-hybridized carbons (Fsp3) is 0.727. The summed E-state index contributed by atoms with van der Waals surface area (Å²) in [7, 11) is 0. The van der Waals surface area contributed by atoms with Crippen LogP contribution in [0.2, 0.25) is 0 Å². The van der Waals surface area contributed by atoms with E-state index in [-0.39, 0.29) is 0 Å². The Kier molecular flexibility index (Phi) is 5.74. The van der Waals surface area contributed by atoms with Crippen LogP contribution in [0, 0.1) is 0 Å². The Hall–Kier alpha value is -1.15. The summed E-state index contributed by atoms with van der Waals surface area (Å²) in [6, 6.07) is 1.52. The summed E-state index contributed by atoms with van der Waals surface area (Å²) in [5.41, 5.74) is 0.405. The zero-order valence-corrected chi connectivity index (χ0v) is 10.4. The molecule has 1 heterocycles. The Labute approximate surface area is 108 Å². The molecule has 1 aromatic rings. The van der Waals surface area contributed by atoms with Gasteiger partial charge in [-0.15, -0.1) is 0 Å². The van der Waals surface area contributed by atoms with Gasteiger partial charge in [0.1, 0.15) is 12.7 Å². The van der Waals surface area contributed by atoms with Gasteiger partial charge in [-0.1, -0.05) is 6.92 Å². The second-order valence-corrected chi connectivity index (χ2v) is 4.07. The minimum atomic E-state index is -4.20.